The molecule has 6 nitrogen and oxygen atoms in total. The maximum Gasteiger partial charge on any atom is 0.274 e. The Morgan fingerprint density at radius 1 is 1.00 bits per heavy atom. The smallest absolute Gasteiger partial charge is 0.274 e. The van der Waals surface area contributed by atoms with Crippen molar-refractivity contribution < 1.29 is 22.3 Å². The lowest BCUT2D eigenvalue weighted by Crippen LogP contribution is -2.38. The normalized spacial score (nSPS) is 11.1. The van der Waals surface area contributed by atoms with Gasteiger partial charge in [0.1, 0.15) is 22.3 Å². The van der Waals surface area contributed by atoms with E-state index in [1.807, 2.05) is 6.07 Å². The van der Waals surface area contributed by atoms with Gasteiger partial charge in [-0.3, -0.25) is 9.10 Å². The number of amides is 1. The fourth-order valence-electron chi connectivity index (χ4n) is 3.10. The molecule has 1 amide bonds. The SMILES string of the molecule is O=C(CN(c1ccccc1F)S(=O)(=O)c1cccs1)Nc1cc(Cl)ccc1Oc1ccccc1. The molecule has 0 aliphatic heterocycles. The second kappa shape index (κ2) is 10.3. The minimum atomic E-state index is -4.19. The Morgan fingerprint density at radius 3 is 2.44 bits per heavy atom. The zero-order chi connectivity index (χ0) is 24.1. The van der Waals surface area contributed by atoms with Crippen molar-refractivity contribution in [3.63, 3.8) is 0 Å². The summed E-state index contributed by atoms with van der Waals surface area (Å²) in [7, 11) is -4.19. The Bertz CT molecular complexity index is 1400. The highest BCUT2D eigenvalue weighted by molar-refractivity contribution is 7.94. The van der Waals surface area contributed by atoms with Gasteiger partial charge in [-0.05, 0) is 53.9 Å². The van der Waals surface area contributed by atoms with Crippen LogP contribution in [0.3, 0.4) is 0 Å². The fourth-order valence-corrected chi connectivity index (χ4v) is 5.80. The van der Waals surface area contributed by atoms with Crippen molar-refractivity contribution in [3.8, 4) is 11.5 Å². The van der Waals surface area contributed by atoms with Gasteiger partial charge in [0.2, 0.25) is 5.91 Å². The predicted molar refractivity (Wildman–Crippen MR) is 132 cm³/mol. The highest BCUT2D eigenvalue weighted by atomic mass is 35.5. The lowest BCUT2D eigenvalue weighted by molar-refractivity contribution is -0.114. The fraction of sp³-hybridized carbons (Fsp3) is 0.0417. The minimum absolute atomic E-state index is 0.0144. The Hall–Kier alpha value is -3.40. The summed E-state index contributed by atoms with van der Waals surface area (Å²) in [6, 6.07) is 21.9. The average molecular weight is 517 g/mol. The number of hydrogen-bond acceptors (Lipinski definition) is 5. The topological polar surface area (TPSA) is 75.7 Å². The third-order valence-corrected chi connectivity index (χ3v) is 8.00. The number of anilines is 2. The van der Waals surface area contributed by atoms with E-state index in [4.69, 9.17) is 16.3 Å². The molecule has 0 saturated heterocycles. The number of halogens is 2. The van der Waals surface area contributed by atoms with Gasteiger partial charge in [-0.25, -0.2) is 12.8 Å². The van der Waals surface area contributed by atoms with E-state index in [-0.39, 0.29) is 15.6 Å². The molecule has 0 spiro atoms. The van der Waals surface area contributed by atoms with Crippen LogP contribution < -0.4 is 14.4 Å². The van der Waals surface area contributed by atoms with E-state index in [2.05, 4.69) is 5.32 Å². The zero-order valence-corrected chi connectivity index (χ0v) is 19.9. The molecular weight excluding hydrogens is 499 g/mol. The highest BCUT2D eigenvalue weighted by Crippen LogP contribution is 2.33. The van der Waals surface area contributed by atoms with Crippen molar-refractivity contribution in [1.29, 1.82) is 0 Å². The molecule has 1 N–H and O–H groups in total. The lowest BCUT2D eigenvalue weighted by atomic mass is 10.2. The maximum absolute atomic E-state index is 14.6. The molecule has 0 aliphatic rings. The molecule has 4 rings (SSSR count). The molecule has 0 radical (unpaired) electrons. The highest BCUT2D eigenvalue weighted by Gasteiger charge is 2.30. The van der Waals surface area contributed by atoms with Gasteiger partial charge in [-0.2, -0.15) is 0 Å². The van der Waals surface area contributed by atoms with E-state index in [0.29, 0.717) is 16.5 Å². The van der Waals surface area contributed by atoms with E-state index < -0.39 is 28.3 Å². The molecule has 0 saturated carbocycles. The second-order valence-electron chi connectivity index (χ2n) is 7.00. The number of carbonyl (C=O) groups is 1. The Balaban J connectivity index is 1.63. The first kappa shape index (κ1) is 23.7. The van der Waals surface area contributed by atoms with Crippen LogP contribution in [0.15, 0.2) is 94.5 Å². The summed E-state index contributed by atoms with van der Waals surface area (Å²) in [5.41, 5.74) is 0.00117. The molecule has 3 aromatic carbocycles. The van der Waals surface area contributed by atoms with Gasteiger partial charge < -0.3 is 10.1 Å². The molecular formula is C24H18ClFN2O4S2. The van der Waals surface area contributed by atoms with Gasteiger partial charge in [0.05, 0.1) is 11.4 Å². The van der Waals surface area contributed by atoms with Crippen molar-refractivity contribution in [3.05, 3.63) is 101 Å². The molecule has 1 aromatic heterocycles. The molecule has 0 fully saturated rings. The standard InChI is InChI=1S/C24H18ClFN2O4S2/c25-17-12-13-22(32-18-7-2-1-3-8-18)20(15-17)27-23(29)16-28(21-10-5-4-9-19(21)26)34(30,31)24-11-6-14-33-24/h1-15H,16H2,(H,27,29). The van der Waals surface area contributed by atoms with Crippen LogP contribution in [0.2, 0.25) is 5.02 Å². The third-order valence-electron chi connectivity index (χ3n) is 4.63. The van der Waals surface area contributed by atoms with E-state index in [1.165, 1.54) is 30.3 Å². The van der Waals surface area contributed by atoms with Gasteiger partial charge >= 0.3 is 0 Å². The third kappa shape index (κ3) is 5.39. The molecule has 4 aromatic rings. The van der Waals surface area contributed by atoms with Crippen LogP contribution in [0.25, 0.3) is 0 Å². The Morgan fingerprint density at radius 2 is 1.74 bits per heavy atom. The summed E-state index contributed by atoms with van der Waals surface area (Å²) >= 11 is 7.08. The number of rotatable bonds is 8. The van der Waals surface area contributed by atoms with Crippen LogP contribution in [0.4, 0.5) is 15.8 Å². The van der Waals surface area contributed by atoms with Crippen LogP contribution in [-0.4, -0.2) is 20.9 Å². The number of ether oxygens (including phenoxy) is 1. The van der Waals surface area contributed by atoms with Crippen molar-refractivity contribution in [2.24, 2.45) is 0 Å². The van der Waals surface area contributed by atoms with Gasteiger partial charge in [-0.1, -0.05) is 48.0 Å². The first-order chi connectivity index (χ1) is 16.3. The largest absolute Gasteiger partial charge is 0.455 e. The second-order valence-corrected chi connectivity index (χ2v) is 10.5. The van der Waals surface area contributed by atoms with Crippen molar-refractivity contribution >= 4 is 50.2 Å². The lowest BCUT2D eigenvalue weighted by Gasteiger charge is -2.24. The van der Waals surface area contributed by atoms with Gasteiger partial charge in [-0.15, -0.1) is 11.3 Å². The number of carbonyl (C=O) groups excluding carboxylic acids is 1. The molecule has 174 valence electrons. The molecule has 0 aliphatic carbocycles. The van der Waals surface area contributed by atoms with E-state index in [1.54, 1.807) is 47.8 Å². The summed E-state index contributed by atoms with van der Waals surface area (Å²) in [4.78, 5) is 13.0. The van der Waals surface area contributed by atoms with Crippen LogP contribution in [0.1, 0.15) is 0 Å². The summed E-state index contributed by atoms with van der Waals surface area (Å²) in [5, 5.41) is 4.56. The number of sulfonamides is 1. The minimum Gasteiger partial charge on any atom is -0.455 e. The monoisotopic (exact) mass is 516 g/mol. The van der Waals surface area contributed by atoms with E-state index >= 15 is 0 Å². The summed E-state index contributed by atoms with van der Waals surface area (Å²) in [6.07, 6.45) is 0. The molecule has 0 unspecified atom stereocenters. The molecule has 10 heteroatoms. The van der Waals surface area contributed by atoms with E-state index in [9.17, 15) is 17.6 Å². The predicted octanol–water partition coefficient (Wildman–Crippen LogP) is 6.17. The first-order valence-electron chi connectivity index (χ1n) is 9.97. The molecule has 0 bridgehead atoms. The van der Waals surface area contributed by atoms with Crippen molar-refractivity contribution in [1.82, 2.24) is 0 Å². The maximum atomic E-state index is 14.6. The molecule has 0 atom stereocenters. The number of hydrogen-bond donors (Lipinski definition) is 1. The van der Waals surface area contributed by atoms with Gasteiger partial charge in [0.15, 0.2) is 5.75 Å². The van der Waals surface area contributed by atoms with Crippen LogP contribution in [0.5, 0.6) is 11.5 Å². The van der Waals surface area contributed by atoms with E-state index in [0.717, 1.165) is 21.7 Å². The van der Waals surface area contributed by atoms with Crippen molar-refractivity contribution in [2.45, 2.75) is 4.21 Å². The number of para-hydroxylation sites is 2. The Labute approximate surface area is 205 Å². The van der Waals surface area contributed by atoms with Crippen molar-refractivity contribution in [2.75, 3.05) is 16.2 Å². The van der Waals surface area contributed by atoms with Crippen LogP contribution in [-0.2, 0) is 14.8 Å². The molecule has 34 heavy (non-hydrogen) atoms. The summed E-state index contributed by atoms with van der Waals surface area (Å²) in [5.74, 6) is -0.633. The zero-order valence-electron chi connectivity index (χ0n) is 17.5. The van der Waals surface area contributed by atoms with Crippen LogP contribution in [0, 0.1) is 5.82 Å². The average Bonchev–Trinajstić information content (AvgIpc) is 3.37. The number of nitrogens with zero attached hydrogens (tertiary/aromatic N) is 1. The van der Waals surface area contributed by atoms with Gasteiger partial charge in [0.25, 0.3) is 10.0 Å². The number of benzene rings is 3. The number of thiophene rings is 1. The van der Waals surface area contributed by atoms with Gasteiger partial charge in [0, 0.05) is 5.02 Å². The number of nitrogens with one attached hydrogen (secondary N) is 1. The summed E-state index contributed by atoms with van der Waals surface area (Å²) < 4.78 is 47.6. The first-order valence-corrected chi connectivity index (χ1v) is 12.7. The Kier molecular flexibility index (Phi) is 7.16. The van der Waals surface area contributed by atoms with Crippen LogP contribution >= 0.6 is 22.9 Å². The molecule has 1 heterocycles. The quantitative estimate of drug-likeness (QED) is 0.304. The summed E-state index contributed by atoms with van der Waals surface area (Å²) in [6.45, 7) is -0.668.